The highest BCUT2D eigenvalue weighted by molar-refractivity contribution is 6.30. The summed E-state index contributed by atoms with van der Waals surface area (Å²) in [7, 11) is 0. The lowest BCUT2D eigenvalue weighted by molar-refractivity contribution is -0.147. The summed E-state index contributed by atoms with van der Waals surface area (Å²) in [5.41, 5.74) is 1.65. The molecule has 1 heterocycles. The summed E-state index contributed by atoms with van der Waals surface area (Å²) >= 11 is 6.11. The van der Waals surface area contributed by atoms with Gasteiger partial charge in [-0.15, -0.1) is 0 Å². The monoisotopic (exact) mass is 295 g/mol. The van der Waals surface area contributed by atoms with Crippen molar-refractivity contribution in [1.82, 2.24) is 0 Å². The number of hydrogen-bond donors (Lipinski definition) is 1. The van der Waals surface area contributed by atoms with E-state index in [1.165, 1.54) is 11.3 Å². The lowest BCUT2D eigenvalue weighted by Crippen LogP contribution is -2.32. The summed E-state index contributed by atoms with van der Waals surface area (Å²) in [6.07, 6.45) is 0.624. The van der Waals surface area contributed by atoms with E-state index in [9.17, 15) is 9.90 Å². The van der Waals surface area contributed by atoms with E-state index in [1.807, 2.05) is 18.2 Å². The van der Waals surface area contributed by atoms with Crippen molar-refractivity contribution in [1.29, 1.82) is 0 Å². The molecule has 0 fully saturated rings. The fraction of sp³-hybridized carbons (Fsp3) is 0.562. The lowest BCUT2D eigenvalue weighted by Gasteiger charge is -2.26. The summed E-state index contributed by atoms with van der Waals surface area (Å²) in [5, 5.41) is 10.1. The number of carboxylic acid groups (broad SMARTS) is 1. The minimum atomic E-state index is -0.746. The molecule has 0 spiro atoms. The maximum absolute atomic E-state index is 11.4. The molecule has 2 rings (SSSR count). The Morgan fingerprint density at radius 1 is 1.50 bits per heavy atom. The molecule has 1 aliphatic heterocycles. The molecule has 0 bridgehead atoms. The molecule has 3 nitrogen and oxygen atoms in total. The molecule has 0 aliphatic carbocycles. The largest absolute Gasteiger partial charge is 0.481 e. The van der Waals surface area contributed by atoms with Gasteiger partial charge in [-0.05, 0) is 57.9 Å². The highest BCUT2D eigenvalue weighted by Gasteiger charge is 2.37. The van der Waals surface area contributed by atoms with Crippen LogP contribution in [0.1, 0.15) is 45.6 Å². The maximum atomic E-state index is 11.4. The zero-order valence-corrected chi connectivity index (χ0v) is 13.2. The first-order valence-electron chi connectivity index (χ1n) is 7.02. The minimum absolute atomic E-state index is 0.220. The number of hydrogen-bond acceptors (Lipinski definition) is 2. The van der Waals surface area contributed by atoms with Crippen LogP contribution < -0.4 is 4.90 Å². The van der Waals surface area contributed by atoms with Crippen LogP contribution in [0.2, 0.25) is 5.02 Å². The average Bonchev–Trinajstić information content (AvgIpc) is 2.67. The number of fused-ring (bicyclic) bond motifs is 1. The van der Waals surface area contributed by atoms with Crippen LogP contribution in [0.4, 0.5) is 5.69 Å². The van der Waals surface area contributed by atoms with Gasteiger partial charge < -0.3 is 10.0 Å². The van der Waals surface area contributed by atoms with Gasteiger partial charge in [-0.1, -0.05) is 11.6 Å². The van der Waals surface area contributed by atoms with Gasteiger partial charge in [0.05, 0.1) is 5.41 Å². The Morgan fingerprint density at radius 2 is 2.15 bits per heavy atom. The van der Waals surface area contributed by atoms with Crippen LogP contribution in [0.25, 0.3) is 0 Å². The molecular formula is C16H22ClNO2. The number of rotatable bonds is 4. The molecule has 110 valence electrons. The van der Waals surface area contributed by atoms with Gasteiger partial charge in [0.25, 0.3) is 0 Å². The molecule has 0 aromatic heterocycles. The second-order valence-corrected chi connectivity index (χ2v) is 6.98. The summed E-state index contributed by atoms with van der Waals surface area (Å²) in [5.74, 6) is -0.527. The first kappa shape index (κ1) is 15.2. The van der Waals surface area contributed by atoms with Gasteiger partial charge >= 0.3 is 5.97 Å². The molecule has 1 atom stereocenters. The van der Waals surface area contributed by atoms with Crippen LogP contribution in [0.15, 0.2) is 18.2 Å². The summed E-state index contributed by atoms with van der Waals surface area (Å²) in [6, 6.07) is 6.33. The third-order valence-corrected chi connectivity index (χ3v) is 4.35. The van der Waals surface area contributed by atoms with Gasteiger partial charge in [-0.25, -0.2) is 0 Å². The second-order valence-electron chi connectivity index (χ2n) is 6.54. The van der Waals surface area contributed by atoms with E-state index in [1.54, 1.807) is 13.8 Å². The number of aliphatic carboxylic acids is 1. The Morgan fingerprint density at radius 3 is 2.70 bits per heavy atom. The summed E-state index contributed by atoms with van der Waals surface area (Å²) in [6.45, 7) is 8.76. The molecule has 0 amide bonds. The normalized spacial score (nSPS) is 18.5. The Labute approximate surface area is 125 Å². The molecule has 1 aromatic rings. The zero-order chi connectivity index (χ0) is 15.1. The molecule has 1 aromatic carbocycles. The maximum Gasteiger partial charge on any atom is 0.309 e. The van der Waals surface area contributed by atoms with Crippen molar-refractivity contribution in [2.24, 2.45) is 5.41 Å². The quantitative estimate of drug-likeness (QED) is 0.907. The van der Waals surface area contributed by atoms with Crippen molar-refractivity contribution >= 4 is 23.3 Å². The van der Waals surface area contributed by atoms with Crippen LogP contribution in [0, 0.1) is 5.41 Å². The number of benzene rings is 1. The van der Waals surface area contributed by atoms with Crippen molar-refractivity contribution in [3.8, 4) is 0 Å². The van der Waals surface area contributed by atoms with Gasteiger partial charge in [0.15, 0.2) is 0 Å². The van der Waals surface area contributed by atoms with Crippen LogP contribution in [-0.2, 0) is 4.79 Å². The Bertz CT molecular complexity index is 525. The fourth-order valence-corrected chi connectivity index (χ4v) is 3.10. The summed E-state index contributed by atoms with van der Waals surface area (Å²) < 4.78 is 0. The van der Waals surface area contributed by atoms with E-state index in [0.717, 1.165) is 6.54 Å². The van der Waals surface area contributed by atoms with Crippen LogP contribution in [-0.4, -0.2) is 23.7 Å². The Kier molecular flexibility index (Phi) is 4.01. The SMILES string of the molecule is CC(C)N1CC(CC(C)(C)C(=O)O)c2cc(Cl)ccc21. The van der Waals surface area contributed by atoms with Crippen LogP contribution >= 0.6 is 11.6 Å². The molecule has 1 aliphatic rings. The van der Waals surface area contributed by atoms with Crippen LogP contribution in [0.3, 0.4) is 0 Å². The van der Waals surface area contributed by atoms with E-state index in [-0.39, 0.29) is 5.92 Å². The van der Waals surface area contributed by atoms with Gasteiger partial charge in [-0.2, -0.15) is 0 Å². The van der Waals surface area contributed by atoms with Gasteiger partial charge in [0.2, 0.25) is 0 Å². The Balaban J connectivity index is 2.34. The van der Waals surface area contributed by atoms with Crippen molar-refractivity contribution in [3.05, 3.63) is 28.8 Å². The molecular weight excluding hydrogens is 274 g/mol. The van der Waals surface area contributed by atoms with Crippen molar-refractivity contribution in [3.63, 3.8) is 0 Å². The third-order valence-electron chi connectivity index (χ3n) is 4.11. The smallest absolute Gasteiger partial charge is 0.309 e. The molecule has 20 heavy (non-hydrogen) atoms. The third kappa shape index (κ3) is 2.78. The standard InChI is InChI=1S/C16H22ClNO2/c1-10(2)18-9-11(8-16(3,4)15(19)20)13-7-12(17)5-6-14(13)18/h5-7,10-11H,8-9H2,1-4H3,(H,19,20). The number of nitrogens with zero attached hydrogens (tertiary/aromatic N) is 1. The van der Waals surface area contributed by atoms with Crippen LogP contribution in [0.5, 0.6) is 0 Å². The lowest BCUT2D eigenvalue weighted by atomic mass is 9.81. The second kappa shape index (κ2) is 5.28. The summed E-state index contributed by atoms with van der Waals surface area (Å²) in [4.78, 5) is 13.7. The number of halogens is 1. The first-order chi connectivity index (χ1) is 9.22. The van der Waals surface area contributed by atoms with Gasteiger partial charge in [0.1, 0.15) is 0 Å². The molecule has 1 N–H and O–H groups in total. The number of carboxylic acids is 1. The Hall–Kier alpha value is -1.22. The number of carbonyl (C=O) groups is 1. The van der Waals surface area contributed by atoms with Gasteiger partial charge in [0, 0.05) is 29.2 Å². The first-order valence-corrected chi connectivity index (χ1v) is 7.39. The zero-order valence-electron chi connectivity index (χ0n) is 12.5. The fourth-order valence-electron chi connectivity index (χ4n) is 2.91. The van der Waals surface area contributed by atoms with Crippen molar-refractivity contribution in [2.45, 2.75) is 46.1 Å². The van der Waals surface area contributed by atoms with E-state index in [2.05, 4.69) is 18.7 Å². The molecule has 0 radical (unpaired) electrons. The molecule has 0 saturated heterocycles. The molecule has 1 unspecified atom stereocenters. The average molecular weight is 296 g/mol. The van der Waals surface area contributed by atoms with E-state index >= 15 is 0 Å². The molecule has 4 heteroatoms. The topological polar surface area (TPSA) is 40.5 Å². The van der Waals surface area contributed by atoms with Crippen molar-refractivity contribution in [2.75, 3.05) is 11.4 Å². The van der Waals surface area contributed by atoms with E-state index in [0.29, 0.717) is 17.5 Å². The van der Waals surface area contributed by atoms with E-state index in [4.69, 9.17) is 11.6 Å². The van der Waals surface area contributed by atoms with E-state index < -0.39 is 11.4 Å². The number of anilines is 1. The predicted molar refractivity (Wildman–Crippen MR) is 82.7 cm³/mol. The predicted octanol–water partition coefficient (Wildman–Crippen LogP) is 4.15. The van der Waals surface area contributed by atoms with Crippen molar-refractivity contribution < 1.29 is 9.90 Å². The minimum Gasteiger partial charge on any atom is -0.481 e. The van der Waals surface area contributed by atoms with Gasteiger partial charge in [-0.3, -0.25) is 4.79 Å². The highest BCUT2D eigenvalue weighted by Crippen LogP contribution is 2.44. The molecule has 0 saturated carbocycles. The highest BCUT2D eigenvalue weighted by atomic mass is 35.5.